The van der Waals surface area contributed by atoms with Crippen molar-refractivity contribution in [3.05, 3.63) is 77.1 Å². The van der Waals surface area contributed by atoms with Crippen LogP contribution in [0.2, 0.25) is 0 Å². The molecule has 1 unspecified atom stereocenters. The van der Waals surface area contributed by atoms with Crippen molar-refractivity contribution < 1.29 is 23.8 Å². The number of nitrogens with zero attached hydrogens (tertiary/aromatic N) is 1. The summed E-state index contributed by atoms with van der Waals surface area (Å²) in [4.78, 5) is 27.4. The molecule has 0 aromatic heterocycles. The Morgan fingerprint density at radius 2 is 1.97 bits per heavy atom. The summed E-state index contributed by atoms with van der Waals surface area (Å²) in [5, 5.41) is 12.5. The summed E-state index contributed by atoms with van der Waals surface area (Å²) >= 11 is 0. The maximum atomic E-state index is 14.0. The quantitative estimate of drug-likeness (QED) is 0.740. The molecule has 31 heavy (non-hydrogen) atoms. The minimum atomic E-state index is -0.617. The molecule has 2 N–H and O–H groups in total. The Morgan fingerprint density at radius 1 is 1.16 bits per heavy atom. The van der Waals surface area contributed by atoms with Crippen molar-refractivity contribution in [2.45, 2.75) is 25.8 Å². The first-order valence-electron chi connectivity index (χ1n) is 10.4. The lowest BCUT2D eigenvalue weighted by molar-refractivity contribution is 0.0773. The fourth-order valence-corrected chi connectivity index (χ4v) is 3.47. The summed E-state index contributed by atoms with van der Waals surface area (Å²) in [7, 11) is 0. The van der Waals surface area contributed by atoms with Gasteiger partial charge in [0.1, 0.15) is 18.2 Å². The molecular formula is C24H27FN2O4. The highest BCUT2D eigenvalue weighted by Gasteiger charge is 2.18. The molecule has 164 valence electrons. The predicted octanol–water partition coefficient (Wildman–Crippen LogP) is 2.96. The second kappa shape index (κ2) is 10.7. The first-order valence-corrected chi connectivity index (χ1v) is 10.4. The monoisotopic (exact) mass is 426 g/mol. The average Bonchev–Trinajstić information content (AvgIpc) is 2.76. The van der Waals surface area contributed by atoms with E-state index < -0.39 is 17.8 Å². The molecule has 4 bridgehead atoms. The third-order valence-electron chi connectivity index (χ3n) is 4.96. The molecule has 0 spiro atoms. The van der Waals surface area contributed by atoms with Gasteiger partial charge >= 0.3 is 0 Å². The van der Waals surface area contributed by atoms with Gasteiger partial charge in [0, 0.05) is 30.3 Å². The number of rotatable bonds is 3. The van der Waals surface area contributed by atoms with Gasteiger partial charge in [-0.05, 0) is 54.8 Å². The molecule has 7 heteroatoms. The number of halogens is 1. The summed E-state index contributed by atoms with van der Waals surface area (Å²) in [6.07, 6.45) is 4.65. The van der Waals surface area contributed by atoms with E-state index in [-0.39, 0.29) is 25.5 Å². The van der Waals surface area contributed by atoms with Gasteiger partial charge in [-0.25, -0.2) is 4.39 Å². The number of nitrogens with one attached hydrogen (secondary N) is 1. The molecule has 0 fully saturated rings. The number of hydrogen-bond acceptors (Lipinski definition) is 4. The summed E-state index contributed by atoms with van der Waals surface area (Å²) in [5.41, 5.74) is 1.34. The Morgan fingerprint density at radius 3 is 2.74 bits per heavy atom. The van der Waals surface area contributed by atoms with E-state index in [4.69, 9.17) is 4.74 Å². The lowest BCUT2D eigenvalue weighted by atomic mass is 10.0. The zero-order valence-electron chi connectivity index (χ0n) is 17.5. The van der Waals surface area contributed by atoms with Gasteiger partial charge in [-0.1, -0.05) is 19.1 Å². The number of hydrogen-bond donors (Lipinski definition) is 2. The van der Waals surface area contributed by atoms with Crippen LogP contribution in [0.3, 0.4) is 0 Å². The Kier molecular flexibility index (Phi) is 7.78. The highest BCUT2D eigenvalue weighted by molar-refractivity contribution is 5.99. The molecular weight excluding hydrogens is 399 g/mol. The third kappa shape index (κ3) is 6.15. The van der Waals surface area contributed by atoms with Crippen LogP contribution >= 0.6 is 0 Å². The van der Waals surface area contributed by atoms with Crippen LogP contribution in [-0.4, -0.2) is 54.2 Å². The first-order chi connectivity index (χ1) is 15.0. The third-order valence-corrected chi connectivity index (χ3v) is 4.96. The topological polar surface area (TPSA) is 78.9 Å². The van der Waals surface area contributed by atoms with Crippen molar-refractivity contribution in [2.75, 3.05) is 26.3 Å². The van der Waals surface area contributed by atoms with Gasteiger partial charge in [-0.3, -0.25) is 9.59 Å². The lowest BCUT2D eigenvalue weighted by Crippen LogP contribution is -2.39. The molecule has 6 nitrogen and oxygen atoms in total. The van der Waals surface area contributed by atoms with E-state index in [1.165, 1.54) is 12.1 Å². The Balaban J connectivity index is 1.95. The minimum absolute atomic E-state index is 0.168. The molecule has 3 rings (SSSR count). The normalized spacial score (nSPS) is 17.6. The Bertz CT molecular complexity index is 960. The number of aliphatic hydroxyl groups excluding tert-OH is 1. The Labute approximate surface area is 181 Å². The van der Waals surface area contributed by atoms with Gasteiger partial charge in [-0.2, -0.15) is 0 Å². The van der Waals surface area contributed by atoms with Crippen LogP contribution in [0.25, 0.3) is 0 Å². The zero-order chi connectivity index (χ0) is 22.2. The fraction of sp³-hybridized carbons (Fsp3) is 0.333. The van der Waals surface area contributed by atoms with E-state index >= 15 is 0 Å². The molecule has 0 radical (unpaired) electrons. The van der Waals surface area contributed by atoms with Crippen LogP contribution in [0.1, 0.15) is 39.6 Å². The average molecular weight is 426 g/mol. The van der Waals surface area contributed by atoms with Crippen LogP contribution in [-0.2, 0) is 6.42 Å². The van der Waals surface area contributed by atoms with E-state index in [2.05, 4.69) is 5.32 Å². The molecule has 1 atom stereocenters. The van der Waals surface area contributed by atoms with E-state index in [1.807, 2.05) is 13.0 Å². The number of carbonyl (C=O) groups is 2. The second-order valence-corrected chi connectivity index (χ2v) is 7.47. The fourth-order valence-electron chi connectivity index (χ4n) is 3.47. The smallest absolute Gasteiger partial charge is 0.254 e. The van der Waals surface area contributed by atoms with Gasteiger partial charge in [0.05, 0.1) is 12.6 Å². The molecule has 2 amide bonds. The molecule has 1 aliphatic heterocycles. The van der Waals surface area contributed by atoms with Crippen LogP contribution in [0.15, 0.2) is 54.6 Å². The van der Waals surface area contributed by atoms with Gasteiger partial charge in [0.2, 0.25) is 0 Å². The maximum Gasteiger partial charge on any atom is 0.254 e. The van der Waals surface area contributed by atoms with Gasteiger partial charge in [-0.15, -0.1) is 0 Å². The van der Waals surface area contributed by atoms with E-state index in [9.17, 15) is 19.1 Å². The summed E-state index contributed by atoms with van der Waals surface area (Å²) < 4.78 is 19.7. The van der Waals surface area contributed by atoms with E-state index in [1.54, 1.807) is 41.3 Å². The van der Waals surface area contributed by atoms with Crippen molar-refractivity contribution in [3.63, 3.8) is 0 Å². The first kappa shape index (κ1) is 22.5. The molecule has 0 saturated heterocycles. The highest BCUT2D eigenvalue weighted by atomic mass is 19.1. The molecule has 2 aromatic rings. The van der Waals surface area contributed by atoms with Crippen LogP contribution < -0.4 is 10.1 Å². The maximum absolute atomic E-state index is 14.0. The number of benzene rings is 2. The van der Waals surface area contributed by atoms with Gasteiger partial charge < -0.3 is 20.1 Å². The van der Waals surface area contributed by atoms with Crippen LogP contribution in [0, 0.1) is 5.82 Å². The number of aliphatic hydroxyl groups is 1. The summed E-state index contributed by atoms with van der Waals surface area (Å²) in [6.45, 7) is 2.87. The van der Waals surface area contributed by atoms with Crippen LogP contribution in [0.4, 0.5) is 4.39 Å². The standard InChI is InChI=1S/C24H27FN2O4/c1-2-8-27-9-3-4-10-31-22-13-17(11-20(25)15-22)12-21(16-28)26-23(29)18-6-5-7-19(14-18)24(27)30/h3-7,11,13-15,21,28H,2,8-10,12,16H2,1H3,(H,26,29). The van der Waals surface area contributed by atoms with Crippen molar-refractivity contribution in [1.29, 1.82) is 0 Å². The minimum Gasteiger partial charge on any atom is -0.489 e. The van der Waals surface area contributed by atoms with Crippen molar-refractivity contribution in [3.8, 4) is 5.75 Å². The molecule has 1 heterocycles. The van der Waals surface area contributed by atoms with Crippen LogP contribution in [0.5, 0.6) is 5.75 Å². The summed E-state index contributed by atoms with van der Waals surface area (Å²) in [6, 6.07) is 10.2. The zero-order valence-corrected chi connectivity index (χ0v) is 17.5. The number of carbonyl (C=O) groups excluding carboxylic acids is 2. The molecule has 1 aliphatic rings. The van der Waals surface area contributed by atoms with E-state index in [0.717, 1.165) is 6.42 Å². The number of fused-ring (bicyclic) bond motifs is 4. The second-order valence-electron chi connectivity index (χ2n) is 7.47. The highest BCUT2D eigenvalue weighted by Crippen LogP contribution is 2.18. The Hall–Kier alpha value is -3.19. The van der Waals surface area contributed by atoms with Crippen molar-refractivity contribution >= 4 is 11.8 Å². The number of amides is 2. The van der Waals surface area contributed by atoms with Crippen molar-refractivity contribution in [1.82, 2.24) is 10.2 Å². The van der Waals surface area contributed by atoms with Gasteiger partial charge in [0.15, 0.2) is 0 Å². The lowest BCUT2D eigenvalue weighted by Gasteiger charge is -2.21. The molecule has 0 aliphatic carbocycles. The largest absolute Gasteiger partial charge is 0.489 e. The SMILES string of the molecule is CCCN1CC=CCOc2cc(F)cc(c2)CC(CO)NC(=O)c2cccc(c2)C1=O. The predicted molar refractivity (Wildman–Crippen MR) is 116 cm³/mol. The molecule has 0 saturated carbocycles. The van der Waals surface area contributed by atoms with Crippen molar-refractivity contribution in [2.24, 2.45) is 0 Å². The number of ether oxygens (including phenoxy) is 1. The van der Waals surface area contributed by atoms with E-state index in [0.29, 0.717) is 35.5 Å². The summed E-state index contributed by atoms with van der Waals surface area (Å²) in [5.74, 6) is -0.670. The molecule has 2 aromatic carbocycles. The van der Waals surface area contributed by atoms with Gasteiger partial charge in [0.25, 0.3) is 11.8 Å².